The Bertz CT molecular complexity index is 448. The Labute approximate surface area is 126 Å². The fraction of sp³-hybridized carbons (Fsp3) is 0.615. The van der Waals surface area contributed by atoms with Crippen LogP contribution in [0.2, 0.25) is 0 Å². The van der Waals surface area contributed by atoms with Crippen molar-refractivity contribution in [3.05, 3.63) is 14.7 Å². The van der Waals surface area contributed by atoms with Gasteiger partial charge in [-0.25, -0.2) is 0 Å². The van der Waals surface area contributed by atoms with Crippen LogP contribution in [0.5, 0.6) is 5.75 Å². The van der Waals surface area contributed by atoms with Gasteiger partial charge in [-0.1, -0.05) is 0 Å². The molecule has 1 aliphatic heterocycles. The largest absolute Gasteiger partial charge is 0.495 e. The van der Waals surface area contributed by atoms with Gasteiger partial charge in [-0.15, -0.1) is 11.3 Å². The SMILES string of the molecule is COc1cc(C(=O)N2CCCC(CCN)C2)sc1Br. The molecule has 0 saturated carbocycles. The van der Waals surface area contributed by atoms with Crippen molar-refractivity contribution in [3.63, 3.8) is 0 Å². The zero-order valence-electron chi connectivity index (χ0n) is 11.0. The normalized spacial score (nSPS) is 19.5. The van der Waals surface area contributed by atoms with E-state index in [9.17, 15) is 4.79 Å². The highest BCUT2D eigenvalue weighted by Crippen LogP contribution is 2.35. The fourth-order valence-electron chi connectivity index (χ4n) is 2.47. The van der Waals surface area contributed by atoms with E-state index in [2.05, 4.69) is 15.9 Å². The van der Waals surface area contributed by atoms with Gasteiger partial charge in [0.15, 0.2) is 0 Å². The van der Waals surface area contributed by atoms with Crippen molar-refractivity contribution >= 4 is 33.2 Å². The monoisotopic (exact) mass is 346 g/mol. The first kappa shape index (κ1) is 14.8. The van der Waals surface area contributed by atoms with Crippen molar-refractivity contribution in [1.29, 1.82) is 0 Å². The number of carbonyl (C=O) groups excluding carboxylic acids is 1. The van der Waals surface area contributed by atoms with Crippen molar-refractivity contribution in [1.82, 2.24) is 4.90 Å². The zero-order chi connectivity index (χ0) is 13.8. The minimum atomic E-state index is 0.107. The molecule has 0 radical (unpaired) electrons. The summed E-state index contributed by atoms with van der Waals surface area (Å²) in [7, 11) is 1.61. The number of nitrogens with two attached hydrogens (primary N) is 1. The van der Waals surface area contributed by atoms with E-state index in [0.717, 1.165) is 40.3 Å². The van der Waals surface area contributed by atoms with E-state index in [0.29, 0.717) is 12.5 Å². The summed E-state index contributed by atoms with van der Waals surface area (Å²) in [6, 6.07) is 1.81. The first-order chi connectivity index (χ1) is 9.15. The lowest BCUT2D eigenvalue weighted by Gasteiger charge is -2.32. The number of piperidine rings is 1. The maximum Gasteiger partial charge on any atom is 0.264 e. The van der Waals surface area contributed by atoms with Crippen LogP contribution in [0.3, 0.4) is 0 Å². The van der Waals surface area contributed by atoms with Crippen molar-refractivity contribution in [2.75, 3.05) is 26.7 Å². The molecule has 0 bridgehead atoms. The number of likely N-dealkylation sites (tertiary alicyclic amines) is 1. The average Bonchev–Trinajstić information content (AvgIpc) is 2.80. The predicted molar refractivity (Wildman–Crippen MR) is 80.9 cm³/mol. The van der Waals surface area contributed by atoms with Gasteiger partial charge in [-0.2, -0.15) is 0 Å². The lowest BCUT2D eigenvalue weighted by molar-refractivity contribution is 0.0674. The van der Waals surface area contributed by atoms with Gasteiger partial charge < -0.3 is 15.4 Å². The van der Waals surface area contributed by atoms with E-state index in [1.54, 1.807) is 7.11 Å². The second-order valence-electron chi connectivity index (χ2n) is 4.79. The second-order valence-corrected chi connectivity index (χ2v) is 7.16. The smallest absolute Gasteiger partial charge is 0.264 e. The highest BCUT2D eigenvalue weighted by atomic mass is 79.9. The number of nitrogens with zero attached hydrogens (tertiary/aromatic N) is 1. The van der Waals surface area contributed by atoms with Crippen LogP contribution in [-0.2, 0) is 0 Å². The number of rotatable bonds is 4. The molecule has 2 N–H and O–H groups in total. The molecule has 1 aliphatic rings. The molecule has 2 rings (SSSR count). The summed E-state index contributed by atoms with van der Waals surface area (Å²) in [5, 5.41) is 0. The summed E-state index contributed by atoms with van der Waals surface area (Å²) < 4.78 is 6.07. The third-order valence-electron chi connectivity index (χ3n) is 3.47. The first-order valence-corrected chi connectivity index (χ1v) is 8.09. The Hall–Kier alpha value is -0.590. The molecule has 106 valence electrons. The van der Waals surface area contributed by atoms with Crippen LogP contribution in [0.15, 0.2) is 9.85 Å². The number of amides is 1. The van der Waals surface area contributed by atoms with E-state index in [4.69, 9.17) is 10.5 Å². The van der Waals surface area contributed by atoms with E-state index in [1.807, 2.05) is 11.0 Å². The van der Waals surface area contributed by atoms with Crippen LogP contribution in [0.1, 0.15) is 28.9 Å². The van der Waals surface area contributed by atoms with Gasteiger partial charge >= 0.3 is 0 Å². The Morgan fingerprint density at radius 3 is 3.11 bits per heavy atom. The van der Waals surface area contributed by atoms with Gasteiger partial charge in [0.2, 0.25) is 0 Å². The van der Waals surface area contributed by atoms with Crippen molar-refractivity contribution < 1.29 is 9.53 Å². The van der Waals surface area contributed by atoms with Crippen molar-refractivity contribution in [2.45, 2.75) is 19.3 Å². The molecule has 1 amide bonds. The van der Waals surface area contributed by atoms with Crippen LogP contribution >= 0.6 is 27.3 Å². The summed E-state index contributed by atoms with van der Waals surface area (Å²) in [6.45, 7) is 2.37. The minimum absolute atomic E-state index is 0.107. The molecule has 1 atom stereocenters. The molecule has 19 heavy (non-hydrogen) atoms. The summed E-state index contributed by atoms with van der Waals surface area (Å²) in [4.78, 5) is 15.1. The quantitative estimate of drug-likeness (QED) is 0.911. The van der Waals surface area contributed by atoms with Gasteiger partial charge in [-0.05, 0) is 47.7 Å². The lowest BCUT2D eigenvalue weighted by Crippen LogP contribution is -2.40. The number of thiophene rings is 1. The summed E-state index contributed by atoms with van der Waals surface area (Å²) >= 11 is 4.84. The standard InChI is InChI=1S/C13H19BrN2O2S/c1-18-10-7-11(19-12(10)14)13(17)16-6-2-3-9(8-16)4-5-15/h7,9H,2-6,8,15H2,1H3. The van der Waals surface area contributed by atoms with E-state index in [1.165, 1.54) is 17.8 Å². The molecule has 1 saturated heterocycles. The van der Waals surface area contributed by atoms with Gasteiger partial charge in [0.05, 0.1) is 12.0 Å². The first-order valence-electron chi connectivity index (χ1n) is 6.48. The van der Waals surface area contributed by atoms with Crippen LogP contribution in [0.4, 0.5) is 0 Å². The Morgan fingerprint density at radius 1 is 1.68 bits per heavy atom. The number of hydrogen-bond acceptors (Lipinski definition) is 4. The number of carbonyl (C=O) groups is 1. The molecule has 6 heteroatoms. The van der Waals surface area contributed by atoms with Gasteiger partial charge in [0, 0.05) is 19.2 Å². The van der Waals surface area contributed by atoms with Crippen LogP contribution in [0.25, 0.3) is 0 Å². The van der Waals surface area contributed by atoms with Crippen molar-refractivity contribution in [2.24, 2.45) is 11.7 Å². The number of methoxy groups -OCH3 is 1. The maximum atomic E-state index is 12.5. The van der Waals surface area contributed by atoms with Gasteiger partial charge in [-0.3, -0.25) is 4.79 Å². The van der Waals surface area contributed by atoms with Gasteiger partial charge in [0.25, 0.3) is 5.91 Å². The summed E-state index contributed by atoms with van der Waals surface area (Å²) in [6.07, 6.45) is 3.25. The van der Waals surface area contributed by atoms with Gasteiger partial charge in [0.1, 0.15) is 9.54 Å². The molecule has 1 aromatic rings. The lowest BCUT2D eigenvalue weighted by atomic mass is 9.95. The molecule has 1 fully saturated rings. The Balaban J connectivity index is 2.05. The molecule has 0 spiro atoms. The molecular weight excluding hydrogens is 328 g/mol. The fourth-order valence-corrected chi connectivity index (χ4v) is 4.09. The Morgan fingerprint density at radius 2 is 2.47 bits per heavy atom. The average molecular weight is 347 g/mol. The number of ether oxygens (including phenoxy) is 1. The Kier molecular flexibility index (Phi) is 5.24. The predicted octanol–water partition coefficient (Wildman–Crippen LogP) is 2.72. The highest BCUT2D eigenvalue weighted by Gasteiger charge is 2.25. The van der Waals surface area contributed by atoms with E-state index >= 15 is 0 Å². The molecule has 0 aromatic carbocycles. The molecule has 1 aromatic heterocycles. The van der Waals surface area contributed by atoms with Crippen molar-refractivity contribution in [3.8, 4) is 5.75 Å². The zero-order valence-corrected chi connectivity index (χ0v) is 13.4. The maximum absolute atomic E-state index is 12.5. The topological polar surface area (TPSA) is 55.6 Å². The summed E-state index contributed by atoms with van der Waals surface area (Å²) in [5.74, 6) is 1.38. The third kappa shape index (κ3) is 3.49. The molecule has 1 unspecified atom stereocenters. The number of hydrogen-bond donors (Lipinski definition) is 1. The molecule has 0 aliphatic carbocycles. The molecular formula is C13H19BrN2O2S. The summed E-state index contributed by atoms with van der Waals surface area (Å²) in [5.41, 5.74) is 5.61. The second kappa shape index (κ2) is 6.72. The van der Waals surface area contributed by atoms with Crippen LogP contribution in [0, 0.1) is 5.92 Å². The van der Waals surface area contributed by atoms with E-state index in [-0.39, 0.29) is 5.91 Å². The van der Waals surface area contributed by atoms with Crippen LogP contribution < -0.4 is 10.5 Å². The number of halogens is 1. The minimum Gasteiger partial charge on any atom is -0.495 e. The molecule has 2 heterocycles. The van der Waals surface area contributed by atoms with E-state index < -0.39 is 0 Å². The highest BCUT2D eigenvalue weighted by molar-refractivity contribution is 9.11. The molecule has 4 nitrogen and oxygen atoms in total. The third-order valence-corrected chi connectivity index (χ3v) is 5.24. The van der Waals surface area contributed by atoms with Crippen LogP contribution in [-0.4, -0.2) is 37.6 Å².